The third-order valence-electron chi connectivity index (χ3n) is 11.7. The number of halogens is 1. The van der Waals surface area contributed by atoms with Crippen molar-refractivity contribution in [2.24, 2.45) is 0 Å². The summed E-state index contributed by atoms with van der Waals surface area (Å²) < 4.78 is 0.986. The number of benzene rings is 7. The molecule has 1 N–H and O–H groups in total. The number of para-hydroxylation sites is 1. The first-order valence-electron chi connectivity index (χ1n) is 22.0. The van der Waals surface area contributed by atoms with Gasteiger partial charge in [-0.25, -0.2) is 0 Å². The van der Waals surface area contributed by atoms with Crippen LogP contribution >= 0.6 is 15.9 Å². The van der Waals surface area contributed by atoms with E-state index in [0.29, 0.717) is 0 Å². The lowest BCUT2D eigenvalue weighted by atomic mass is 9.85. The van der Waals surface area contributed by atoms with Crippen molar-refractivity contribution < 1.29 is 0 Å². The Morgan fingerprint density at radius 3 is 1.27 bits per heavy atom. The molecule has 0 spiro atoms. The highest BCUT2D eigenvalue weighted by molar-refractivity contribution is 9.10. The van der Waals surface area contributed by atoms with Crippen molar-refractivity contribution in [3.05, 3.63) is 191 Å². The average molecular weight is 883 g/mol. The predicted molar refractivity (Wildman–Crippen MR) is 273 cm³/mol. The standard InChI is InChI=1S/C58H64BrN3/c1-55(2,3)41-25-31-46(32-26-41)61(47-33-27-42(28-34-47)56(4,5)6)53-38-44(58(10,11)12)37-51(54(53)59)60-45-21-18-22-49(39-45)62(48-35-29-43(30-36-48)57(7,8)9)52-24-17-16-23-50(52)40-19-14-13-15-20-40/h13-39,60H,1-12H3. The molecule has 7 aromatic rings. The van der Waals surface area contributed by atoms with E-state index >= 15 is 0 Å². The van der Waals surface area contributed by atoms with Crippen molar-refractivity contribution >= 4 is 61.4 Å². The molecular weight excluding hydrogens is 819 g/mol. The van der Waals surface area contributed by atoms with E-state index in [1.807, 2.05) is 0 Å². The molecule has 62 heavy (non-hydrogen) atoms. The van der Waals surface area contributed by atoms with Gasteiger partial charge in [0.05, 0.1) is 21.5 Å². The van der Waals surface area contributed by atoms with Gasteiger partial charge in [0.15, 0.2) is 0 Å². The van der Waals surface area contributed by atoms with Crippen LogP contribution in [0, 0.1) is 0 Å². The van der Waals surface area contributed by atoms with Crippen LogP contribution in [0.5, 0.6) is 0 Å². The Kier molecular flexibility index (Phi) is 12.4. The van der Waals surface area contributed by atoms with Crippen molar-refractivity contribution in [1.82, 2.24) is 0 Å². The van der Waals surface area contributed by atoms with E-state index in [9.17, 15) is 0 Å². The van der Waals surface area contributed by atoms with Crippen LogP contribution in [0.25, 0.3) is 11.1 Å². The molecular formula is C58H64BrN3. The zero-order chi connectivity index (χ0) is 44.6. The van der Waals surface area contributed by atoms with Crippen molar-refractivity contribution in [2.75, 3.05) is 15.1 Å². The van der Waals surface area contributed by atoms with Gasteiger partial charge in [-0.15, -0.1) is 0 Å². The summed E-state index contributed by atoms with van der Waals surface area (Å²) in [7, 11) is 0. The lowest BCUT2D eigenvalue weighted by Gasteiger charge is -2.31. The molecule has 318 valence electrons. The van der Waals surface area contributed by atoms with E-state index in [1.165, 1.54) is 33.4 Å². The van der Waals surface area contributed by atoms with Crippen LogP contribution < -0.4 is 15.1 Å². The van der Waals surface area contributed by atoms with Crippen LogP contribution in [0.3, 0.4) is 0 Å². The Bertz CT molecular complexity index is 2560. The zero-order valence-corrected chi connectivity index (χ0v) is 40.4. The molecule has 7 aromatic carbocycles. The molecule has 0 aliphatic rings. The molecule has 0 saturated heterocycles. The van der Waals surface area contributed by atoms with Crippen molar-refractivity contribution in [3.63, 3.8) is 0 Å². The van der Waals surface area contributed by atoms with Crippen molar-refractivity contribution in [3.8, 4) is 11.1 Å². The quantitative estimate of drug-likeness (QED) is 0.156. The minimum Gasteiger partial charge on any atom is -0.354 e. The second kappa shape index (κ2) is 17.3. The minimum atomic E-state index is -0.122. The molecule has 3 nitrogen and oxygen atoms in total. The molecule has 7 rings (SSSR count). The Hall–Kier alpha value is -5.58. The molecule has 0 amide bonds. The smallest absolute Gasteiger partial charge is 0.0651 e. The molecule has 0 heterocycles. The number of nitrogens with one attached hydrogen (secondary N) is 1. The topological polar surface area (TPSA) is 18.5 Å². The highest BCUT2D eigenvalue weighted by Crippen LogP contribution is 2.47. The van der Waals surface area contributed by atoms with Crippen LogP contribution in [0.1, 0.15) is 105 Å². The molecule has 0 aliphatic carbocycles. The van der Waals surface area contributed by atoms with E-state index in [-0.39, 0.29) is 21.7 Å². The Balaban J connectivity index is 1.37. The number of nitrogens with zero attached hydrogens (tertiary/aromatic N) is 2. The first kappa shape index (κ1) is 44.5. The summed E-state index contributed by atoms with van der Waals surface area (Å²) in [6.07, 6.45) is 0. The fraction of sp³-hybridized carbons (Fsp3) is 0.276. The van der Waals surface area contributed by atoms with Gasteiger partial charge in [-0.05, 0) is 138 Å². The van der Waals surface area contributed by atoms with Gasteiger partial charge in [0, 0.05) is 34.0 Å². The van der Waals surface area contributed by atoms with Crippen molar-refractivity contribution in [2.45, 2.75) is 105 Å². The van der Waals surface area contributed by atoms with Crippen LogP contribution in [0.2, 0.25) is 0 Å². The number of anilines is 8. The highest BCUT2D eigenvalue weighted by atomic mass is 79.9. The van der Waals surface area contributed by atoms with E-state index in [1.54, 1.807) is 0 Å². The second-order valence-corrected chi connectivity index (χ2v) is 21.5. The van der Waals surface area contributed by atoms with E-state index < -0.39 is 0 Å². The van der Waals surface area contributed by atoms with Gasteiger partial charge in [0.25, 0.3) is 0 Å². The summed E-state index contributed by atoms with van der Waals surface area (Å²) in [6.45, 7) is 27.3. The maximum atomic E-state index is 4.19. The van der Waals surface area contributed by atoms with Gasteiger partial charge in [0.2, 0.25) is 0 Å². The van der Waals surface area contributed by atoms with Crippen LogP contribution in [0.15, 0.2) is 168 Å². The van der Waals surface area contributed by atoms with E-state index in [0.717, 1.165) is 50.0 Å². The molecule has 0 saturated carbocycles. The van der Waals surface area contributed by atoms with E-state index in [4.69, 9.17) is 0 Å². The number of hydrogen-bond donors (Lipinski definition) is 1. The Labute approximate surface area is 381 Å². The summed E-state index contributed by atoms with van der Waals surface area (Å²) in [5.74, 6) is 0. The third kappa shape index (κ3) is 9.87. The zero-order valence-electron chi connectivity index (χ0n) is 38.9. The average Bonchev–Trinajstić information content (AvgIpc) is 3.22. The Morgan fingerprint density at radius 2 is 0.806 bits per heavy atom. The van der Waals surface area contributed by atoms with Gasteiger partial charge in [0.1, 0.15) is 0 Å². The largest absolute Gasteiger partial charge is 0.354 e. The molecule has 0 radical (unpaired) electrons. The molecule has 0 unspecified atom stereocenters. The highest BCUT2D eigenvalue weighted by Gasteiger charge is 2.26. The van der Waals surface area contributed by atoms with Crippen LogP contribution in [-0.2, 0) is 21.7 Å². The molecule has 0 bridgehead atoms. The SMILES string of the molecule is CC(C)(C)c1ccc(N(c2cccc(Nc3cc(C(C)(C)C)cc(N(c4ccc(C(C)(C)C)cc4)c4ccc(C(C)(C)C)cc4)c3Br)c2)c2ccccc2-c2ccccc2)cc1. The van der Waals surface area contributed by atoms with Gasteiger partial charge in [-0.1, -0.05) is 174 Å². The van der Waals surface area contributed by atoms with Crippen LogP contribution in [0.4, 0.5) is 45.5 Å². The third-order valence-corrected chi connectivity index (χ3v) is 12.6. The normalized spacial score (nSPS) is 12.3. The summed E-state index contributed by atoms with van der Waals surface area (Å²) in [6, 6.07) is 60.1. The van der Waals surface area contributed by atoms with Crippen LogP contribution in [-0.4, -0.2) is 0 Å². The molecule has 0 aromatic heterocycles. The van der Waals surface area contributed by atoms with E-state index in [2.05, 4.69) is 278 Å². The summed E-state index contributed by atoms with van der Waals surface area (Å²) in [5.41, 5.74) is 16.0. The lowest BCUT2D eigenvalue weighted by Crippen LogP contribution is -2.17. The molecule has 0 aliphatic heterocycles. The summed E-state index contributed by atoms with van der Waals surface area (Å²) in [4.78, 5) is 4.78. The predicted octanol–water partition coefficient (Wildman–Crippen LogP) is 18.0. The van der Waals surface area contributed by atoms with Gasteiger partial charge < -0.3 is 15.1 Å². The Morgan fingerprint density at radius 1 is 0.371 bits per heavy atom. The second-order valence-electron chi connectivity index (χ2n) is 20.7. The van der Waals surface area contributed by atoms with Gasteiger partial charge in [-0.2, -0.15) is 0 Å². The maximum absolute atomic E-state index is 4.19. The minimum absolute atomic E-state index is 0.0459. The lowest BCUT2D eigenvalue weighted by molar-refractivity contribution is 0.589. The maximum Gasteiger partial charge on any atom is 0.0651 e. The number of rotatable bonds is 9. The van der Waals surface area contributed by atoms with Crippen molar-refractivity contribution in [1.29, 1.82) is 0 Å². The molecule has 0 atom stereocenters. The summed E-state index contributed by atoms with van der Waals surface area (Å²) in [5, 5.41) is 3.91. The fourth-order valence-electron chi connectivity index (χ4n) is 7.89. The fourth-order valence-corrected chi connectivity index (χ4v) is 8.40. The monoisotopic (exact) mass is 881 g/mol. The first-order valence-corrected chi connectivity index (χ1v) is 22.8. The summed E-state index contributed by atoms with van der Waals surface area (Å²) >= 11 is 4.19. The molecule has 4 heteroatoms. The first-order chi connectivity index (χ1) is 29.2. The number of hydrogen-bond acceptors (Lipinski definition) is 3. The van der Waals surface area contributed by atoms with Gasteiger partial charge in [-0.3, -0.25) is 0 Å². The molecule has 0 fully saturated rings. The van der Waals surface area contributed by atoms with Gasteiger partial charge >= 0.3 is 0 Å².